The van der Waals surface area contributed by atoms with E-state index in [-0.39, 0.29) is 17.3 Å². The van der Waals surface area contributed by atoms with Gasteiger partial charge >= 0.3 is 0 Å². The third-order valence-corrected chi connectivity index (χ3v) is 5.48. The number of rotatable bonds is 3. The highest BCUT2D eigenvalue weighted by Crippen LogP contribution is 2.36. The van der Waals surface area contributed by atoms with Crippen molar-refractivity contribution in [2.45, 2.75) is 0 Å². The molecule has 0 unspecified atom stereocenters. The molecule has 0 amide bonds. The van der Waals surface area contributed by atoms with Crippen LogP contribution in [-0.2, 0) is 0 Å². The number of nitrogens with one attached hydrogen (secondary N) is 2. The highest BCUT2D eigenvalue weighted by Gasteiger charge is 2.18. The summed E-state index contributed by atoms with van der Waals surface area (Å²) in [4.78, 5) is 6.68. The summed E-state index contributed by atoms with van der Waals surface area (Å²) in [6, 6.07) is 22.6. The van der Waals surface area contributed by atoms with Crippen molar-refractivity contribution in [2.24, 2.45) is 4.99 Å². The number of aliphatic imine (C=N–C) groups is 1. The molecule has 0 radical (unpaired) electrons. The van der Waals surface area contributed by atoms with E-state index in [1.165, 1.54) is 0 Å². The van der Waals surface area contributed by atoms with Crippen LogP contribution in [0, 0.1) is 10.4 Å². The number of piperazine rings is 1. The minimum absolute atomic E-state index is 0.0670. The first-order chi connectivity index (χ1) is 15.2. The summed E-state index contributed by atoms with van der Waals surface area (Å²) in [5.74, 6) is -0.0670. The average Bonchev–Trinajstić information content (AvgIpc) is 2.83. The van der Waals surface area contributed by atoms with E-state index in [4.69, 9.17) is 0 Å². The van der Waals surface area contributed by atoms with Crippen LogP contribution in [0.15, 0.2) is 77.8 Å². The minimum atomic E-state index is -0.0670. The molecule has 158 valence electrons. The molecule has 1 fully saturated rings. The van der Waals surface area contributed by atoms with Gasteiger partial charge in [-0.25, -0.2) is 4.99 Å². The average molecular weight is 414 g/mol. The van der Waals surface area contributed by atoms with Gasteiger partial charge in [-0.2, -0.15) is 0 Å². The zero-order chi connectivity index (χ0) is 21.2. The van der Waals surface area contributed by atoms with E-state index in [0.29, 0.717) is 15.9 Å². The Hall–Kier alpha value is -3.59. The van der Waals surface area contributed by atoms with Crippen LogP contribution >= 0.6 is 0 Å². The largest absolute Gasteiger partial charge is 0.752 e. The van der Waals surface area contributed by atoms with Crippen LogP contribution in [0.5, 0.6) is 0 Å². The summed E-state index contributed by atoms with van der Waals surface area (Å²) < 4.78 is 0. The Morgan fingerprint density at radius 3 is 2.26 bits per heavy atom. The molecule has 0 atom stereocenters. The van der Waals surface area contributed by atoms with E-state index in [9.17, 15) is 10.4 Å². The molecular formula is C23H22N6O2-2. The number of hydrogen-bond donors (Lipinski definition) is 2. The van der Waals surface area contributed by atoms with Crippen molar-refractivity contribution in [2.75, 3.05) is 41.3 Å². The molecule has 3 aromatic carbocycles. The standard InChI is InChI=1S/C23H22N6O2/c30-28-22-16-18(17-4-2-1-3-5-17)6-11-21(22)29(31)26-23(28)25-19-7-9-20(10-8-19)27-14-12-24-13-15-27/h1-11,16,24H,12-15H2,(H,25,26)/q-2. The van der Waals surface area contributed by atoms with E-state index < -0.39 is 0 Å². The van der Waals surface area contributed by atoms with Crippen molar-refractivity contribution in [3.63, 3.8) is 0 Å². The first-order valence-electron chi connectivity index (χ1n) is 10.2. The number of fused-ring (bicyclic) bond motifs is 1. The van der Waals surface area contributed by atoms with Gasteiger partial charge in [-0.1, -0.05) is 36.4 Å². The van der Waals surface area contributed by atoms with Crippen molar-refractivity contribution < 1.29 is 0 Å². The third kappa shape index (κ3) is 3.91. The Bertz CT molecular complexity index is 1080. The van der Waals surface area contributed by atoms with E-state index in [1.54, 1.807) is 12.1 Å². The SMILES string of the molecule is [O-]N1NC(=Nc2ccc(N3CCNCC3)cc2)N([O-])c2cc(-c3ccccc3)ccc21. The van der Waals surface area contributed by atoms with Gasteiger partial charge in [0.2, 0.25) is 5.96 Å². The third-order valence-electron chi connectivity index (χ3n) is 5.48. The lowest BCUT2D eigenvalue weighted by molar-refractivity contribution is 0.589. The molecular weight excluding hydrogens is 392 g/mol. The number of hydrogen-bond acceptors (Lipinski definition) is 6. The molecule has 0 aromatic heterocycles. The van der Waals surface area contributed by atoms with Gasteiger partial charge in [0, 0.05) is 31.9 Å². The summed E-state index contributed by atoms with van der Waals surface area (Å²) in [5, 5.41) is 30.1. The van der Waals surface area contributed by atoms with Gasteiger partial charge in [-0.05, 0) is 47.5 Å². The first kappa shape index (κ1) is 19.4. The van der Waals surface area contributed by atoms with Crippen molar-refractivity contribution >= 4 is 28.7 Å². The van der Waals surface area contributed by atoms with Gasteiger partial charge in [0.05, 0.1) is 17.1 Å². The van der Waals surface area contributed by atoms with E-state index in [2.05, 4.69) is 20.6 Å². The number of guanidine groups is 1. The highest BCUT2D eigenvalue weighted by molar-refractivity contribution is 6.05. The van der Waals surface area contributed by atoms with Crippen LogP contribution in [0.2, 0.25) is 0 Å². The Morgan fingerprint density at radius 2 is 1.52 bits per heavy atom. The summed E-state index contributed by atoms with van der Waals surface area (Å²) >= 11 is 0. The molecule has 0 bridgehead atoms. The molecule has 0 spiro atoms. The molecule has 2 aliphatic rings. The first-order valence-corrected chi connectivity index (χ1v) is 10.2. The van der Waals surface area contributed by atoms with Crippen LogP contribution in [-0.4, -0.2) is 32.1 Å². The Labute approximate surface area is 180 Å². The van der Waals surface area contributed by atoms with Crippen molar-refractivity contribution in [1.29, 1.82) is 0 Å². The van der Waals surface area contributed by atoms with Crippen LogP contribution in [0.3, 0.4) is 0 Å². The second-order valence-corrected chi connectivity index (χ2v) is 7.46. The molecule has 1 saturated heterocycles. The maximum Gasteiger partial charge on any atom is 0.211 e. The Kier molecular flexibility index (Phi) is 5.17. The van der Waals surface area contributed by atoms with Gasteiger partial charge < -0.3 is 30.9 Å². The predicted molar refractivity (Wildman–Crippen MR) is 125 cm³/mol. The molecule has 3 aromatic rings. The summed E-state index contributed by atoms with van der Waals surface area (Å²) in [7, 11) is 0. The smallest absolute Gasteiger partial charge is 0.211 e. The van der Waals surface area contributed by atoms with Crippen molar-refractivity contribution in [3.05, 3.63) is 83.2 Å². The fourth-order valence-electron chi connectivity index (χ4n) is 3.83. The van der Waals surface area contributed by atoms with E-state index in [0.717, 1.165) is 43.0 Å². The quantitative estimate of drug-likeness (QED) is 0.677. The zero-order valence-corrected chi connectivity index (χ0v) is 16.9. The van der Waals surface area contributed by atoms with Crippen LogP contribution < -0.4 is 25.9 Å². The molecule has 2 N–H and O–H groups in total. The van der Waals surface area contributed by atoms with Crippen molar-refractivity contribution in [3.8, 4) is 11.1 Å². The van der Waals surface area contributed by atoms with Gasteiger partial charge in [0.1, 0.15) is 0 Å². The number of nitrogens with zero attached hydrogens (tertiary/aromatic N) is 4. The monoisotopic (exact) mass is 414 g/mol. The van der Waals surface area contributed by atoms with Crippen LogP contribution in [0.4, 0.5) is 22.7 Å². The molecule has 5 rings (SSSR count). The van der Waals surface area contributed by atoms with Crippen LogP contribution in [0.1, 0.15) is 0 Å². The maximum absolute atomic E-state index is 13.0. The molecule has 2 aliphatic heterocycles. The second-order valence-electron chi connectivity index (χ2n) is 7.46. The topological polar surface area (TPSA) is 92.3 Å². The predicted octanol–water partition coefficient (Wildman–Crippen LogP) is 3.58. The van der Waals surface area contributed by atoms with E-state index >= 15 is 0 Å². The van der Waals surface area contributed by atoms with Gasteiger partial charge in [-0.3, -0.25) is 5.43 Å². The molecule has 31 heavy (non-hydrogen) atoms. The van der Waals surface area contributed by atoms with Crippen LogP contribution in [0.25, 0.3) is 11.1 Å². The summed E-state index contributed by atoms with van der Waals surface area (Å²) in [6.07, 6.45) is 0. The van der Waals surface area contributed by atoms with Crippen molar-refractivity contribution in [1.82, 2.24) is 10.7 Å². The minimum Gasteiger partial charge on any atom is -0.752 e. The van der Waals surface area contributed by atoms with Gasteiger partial charge in [0.15, 0.2) is 0 Å². The Morgan fingerprint density at radius 1 is 0.774 bits per heavy atom. The van der Waals surface area contributed by atoms with E-state index in [1.807, 2.05) is 60.7 Å². The number of hydroxylamine groups is 1. The lowest BCUT2D eigenvalue weighted by atomic mass is 10.0. The Balaban J connectivity index is 1.42. The summed E-state index contributed by atoms with van der Waals surface area (Å²) in [6.45, 7) is 3.83. The molecule has 8 heteroatoms. The normalized spacial score (nSPS) is 17.5. The number of anilines is 3. The lowest BCUT2D eigenvalue weighted by Crippen LogP contribution is -2.50. The molecule has 0 saturated carbocycles. The number of hydrazine groups is 1. The summed E-state index contributed by atoms with van der Waals surface area (Å²) in [5.41, 5.74) is 6.58. The van der Waals surface area contributed by atoms with Gasteiger partial charge in [-0.15, -0.1) is 0 Å². The highest BCUT2D eigenvalue weighted by atomic mass is 16.6. The number of benzene rings is 3. The lowest BCUT2D eigenvalue weighted by Gasteiger charge is -2.46. The molecule has 0 aliphatic carbocycles. The molecule has 8 nitrogen and oxygen atoms in total. The zero-order valence-electron chi connectivity index (χ0n) is 16.9. The molecule has 2 heterocycles. The fraction of sp³-hybridized carbons (Fsp3) is 0.174. The fourth-order valence-corrected chi connectivity index (χ4v) is 3.83. The maximum atomic E-state index is 13.0. The second kappa shape index (κ2) is 8.27. The van der Waals surface area contributed by atoms with Gasteiger partial charge in [0.25, 0.3) is 0 Å².